The average molecular weight is 182 g/mol. The summed E-state index contributed by atoms with van der Waals surface area (Å²) in [7, 11) is 0. The Labute approximate surface area is 75.5 Å². The van der Waals surface area contributed by atoms with E-state index in [1.165, 1.54) is 5.94 Å². The van der Waals surface area contributed by atoms with Crippen LogP contribution in [-0.4, -0.2) is 29.5 Å². The maximum Gasteiger partial charge on any atom is 0.237 e. The summed E-state index contributed by atoms with van der Waals surface area (Å²) in [4.78, 5) is 21.6. The Hall–Kier alpha value is -1.38. The molecule has 1 rings (SSSR count). The summed E-state index contributed by atoms with van der Waals surface area (Å²) in [6.45, 7) is 3.61. The van der Waals surface area contributed by atoms with Gasteiger partial charge in [0.2, 0.25) is 5.78 Å². The lowest BCUT2D eigenvalue weighted by Crippen LogP contribution is -2.10. The van der Waals surface area contributed by atoms with Crippen molar-refractivity contribution in [2.75, 3.05) is 6.61 Å². The van der Waals surface area contributed by atoms with Crippen LogP contribution in [0.25, 0.3) is 0 Å². The molecule has 1 atom stereocenters. The van der Waals surface area contributed by atoms with E-state index in [2.05, 4.69) is 0 Å². The Morgan fingerprint density at radius 1 is 1.62 bits per heavy atom. The lowest BCUT2D eigenvalue weighted by Gasteiger charge is -2.02. The number of aliphatic hydroxyl groups is 1. The van der Waals surface area contributed by atoms with Crippen LogP contribution in [-0.2, 0) is 14.3 Å². The molecule has 1 aliphatic rings. The molecular weight excluding hydrogens is 172 g/mol. The maximum atomic E-state index is 11.3. The summed E-state index contributed by atoms with van der Waals surface area (Å²) in [6.07, 6.45) is -1.15. The topological polar surface area (TPSA) is 63.6 Å². The van der Waals surface area contributed by atoms with Crippen molar-refractivity contribution < 1.29 is 19.4 Å². The molecule has 0 heterocycles. The molecule has 0 aromatic carbocycles. The minimum atomic E-state index is -1.15. The van der Waals surface area contributed by atoms with Crippen LogP contribution in [0, 0.1) is 0 Å². The van der Waals surface area contributed by atoms with E-state index < -0.39 is 11.9 Å². The van der Waals surface area contributed by atoms with E-state index in [0.717, 1.165) is 0 Å². The maximum absolute atomic E-state index is 11.3. The molecule has 0 aromatic heterocycles. The molecule has 1 aliphatic carbocycles. The molecule has 0 aromatic rings. The van der Waals surface area contributed by atoms with Crippen molar-refractivity contribution in [3.8, 4) is 0 Å². The van der Waals surface area contributed by atoms with Gasteiger partial charge in [-0.3, -0.25) is 4.79 Å². The standard InChI is InChI=1S/C9H10O4/c1-3-13-9-5(2)7(11)6(4-10)8(9)12/h7,11H,3H2,1-2H3. The molecule has 0 radical (unpaired) electrons. The van der Waals surface area contributed by atoms with Gasteiger partial charge in [0.15, 0.2) is 5.76 Å². The average Bonchev–Trinajstić information content (AvgIpc) is 2.31. The van der Waals surface area contributed by atoms with Gasteiger partial charge in [0, 0.05) is 5.57 Å². The molecule has 0 fully saturated rings. The first kappa shape index (κ1) is 9.71. The molecule has 0 amide bonds. The summed E-state index contributed by atoms with van der Waals surface area (Å²) < 4.78 is 5.00. The van der Waals surface area contributed by atoms with E-state index in [9.17, 15) is 14.7 Å². The van der Waals surface area contributed by atoms with Crippen LogP contribution in [0.1, 0.15) is 13.8 Å². The number of hydrogen-bond donors (Lipinski definition) is 1. The third kappa shape index (κ3) is 1.41. The first-order valence-corrected chi connectivity index (χ1v) is 3.94. The predicted molar refractivity (Wildman–Crippen MR) is 44.5 cm³/mol. The van der Waals surface area contributed by atoms with Crippen molar-refractivity contribution in [1.82, 2.24) is 0 Å². The first-order valence-electron chi connectivity index (χ1n) is 3.94. The normalized spacial score (nSPS) is 22.2. The summed E-state index contributed by atoms with van der Waals surface area (Å²) in [5.74, 6) is 0.951. The Bertz CT molecular complexity index is 321. The Morgan fingerprint density at radius 3 is 2.62 bits per heavy atom. The van der Waals surface area contributed by atoms with Gasteiger partial charge in [-0.2, -0.15) is 0 Å². The summed E-state index contributed by atoms with van der Waals surface area (Å²) in [6, 6.07) is 0. The molecule has 0 spiro atoms. The van der Waals surface area contributed by atoms with Crippen molar-refractivity contribution in [2.45, 2.75) is 20.0 Å². The van der Waals surface area contributed by atoms with Crippen molar-refractivity contribution in [3.63, 3.8) is 0 Å². The van der Waals surface area contributed by atoms with Gasteiger partial charge in [-0.25, -0.2) is 4.79 Å². The highest BCUT2D eigenvalue weighted by Gasteiger charge is 2.36. The lowest BCUT2D eigenvalue weighted by atomic mass is 10.1. The van der Waals surface area contributed by atoms with Gasteiger partial charge < -0.3 is 9.84 Å². The number of Topliss-reactive ketones (excluding diaryl/α,β-unsaturated/α-hetero) is 1. The molecule has 1 unspecified atom stereocenters. The van der Waals surface area contributed by atoms with Crippen LogP contribution in [0.4, 0.5) is 0 Å². The molecule has 13 heavy (non-hydrogen) atoms. The molecule has 1 N–H and O–H groups in total. The van der Waals surface area contributed by atoms with Gasteiger partial charge in [-0.05, 0) is 13.8 Å². The minimum Gasteiger partial charge on any atom is -0.490 e. The van der Waals surface area contributed by atoms with Gasteiger partial charge in [-0.1, -0.05) is 0 Å². The van der Waals surface area contributed by atoms with Crippen LogP contribution >= 0.6 is 0 Å². The number of hydrogen-bond acceptors (Lipinski definition) is 4. The number of allylic oxidation sites excluding steroid dienone is 1. The number of ketones is 1. The first-order chi connectivity index (χ1) is 6.13. The van der Waals surface area contributed by atoms with E-state index in [1.807, 2.05) is 0 Å². The van der Waals surface area contributed by atoms with Crippen molar-refractivity contribution in [3.05, 3.63) is 16.9 Å². The Kier molecular flexibility index (Phi) is 2.66. The fraction of sp³-hybridized carbons (Fsp3) is 0.444. The van der Waals surface area contributed by atoms with Gasteiger partial charge in [0.05, 0.1) is 6.61 Å². The van der Waals surface area contributed by atoms with Crippen LogP contribution < -0.4 is 0 Å². The number of ether oxygens (including phenoxy) is 1. The number of carbonyl (C=O) groups excluding carboxylic acids is 2. The van der Waals surface area contributed by atoms with Gasteiger partial charge in [0.1, 0.15) is 17.6 Å². The molecular formula is C9H10O4. The van der Waals surface area contributed by atoms with Crippen LogP contribution in [0.5, 0.6) is 0 Å². The molecule has 4 heteroatoms. The third-order valence-electron chi connectivity index (χ3n) is 1.89. The molecule has 0 aliphatic heterocycles. The van der Waals surface area contributed by atoms with E-state index in [4.69, 9.17) is 4.74 Å². The second-order valence-electron chi connectivity index (χ2n) is 2.69. The van der Waals surface area contributed by atoms with E-state index >= 15 is 0 Å². The zero-order valence-corrected chi connectivity index (χ0v) is 7.46. The lowest BCUT2D eigenvalue weighted by molar-refractivity contribution is -0.115. The van der Waals surface area contributed by atoms with E-state index in [0.29, 0.717) is 12.2 Å². The largest absolute Gasteiger partial charge is 0.490 e. The van der Waals surface area contributed by atoms with E-state index in [-0.39, 0.29) is 11.3 Å². The fourth-order valence-electron chi connectivity index (χ4n) is 1.19. The molecule has 70 valence electrons. The third-order valence-corrected chi connectivity index (χ3v) is 1.89. The summed E-state index contributed by atoms with van der Waals surface area (Å²) in [5, 5.41) is 9.37. The highest BCUT2D eigenvalue weighted by molar-refractivity contribution is 6.16. The van der Waals surface area contributed by atoms with Crippen LogP contribution in [0.3, 0.4) is 0 Å². The van der Waals surface area contributed by atoms with Crippen molar-refractivity contribution >= 4 is 11.7 Å². The SMILES string of the molecule is CCOC1=C(C)C(O)C(=C=O)C1=O. The number of carbonyl (C=O) groups is 1. The van der Waals surface area contributed by atoms with Gasteiger partial charge in [-0.15, -0.1) is 0 Å². The Balaban J connectivity index is 3.08. The quantitative estimate of drug-likeness (QED) is 0.482. The van der Waals surface area contributed by atoms with E-state index in [1.54, 1.807) is 13.8 Å². The van der Waals surface area contributed by atoms with Crippen molar-refractivity contribution in [2.24, 2.45) is 0 Å². The van der Waals surface area contributed by atoms with Crippen LogP contribution in [0.2, 0.25) is 0 Å². The predicted octanol–water partition coefficient (Wildman–Crippen LogP) is -0.00150. The second kappa shape index (κ2) is 3.56. The zero-order valence-electron chi connectivity index (χ0n) is 7.46. The van der Waals surface area contributed by atoms with Gasteiger partial charge in [0.25, 0.3) is 0 Å². The summed E-state index contributed by atoms with van der Waals surface area (Å²) >= 11 is 0. The highest BCUT2D eigenvalue weighted by atomic mass is 16.5. The number of aliphatic hydroxyl groups excluding tert-OH is 1. The molecule has 0 saturated heterocycles. The Morgan fingerprint density at radius 2 is 2.23 bits per heavy atom. The second-order valence-corrected chi connectivity index (χ2v) is 2.69. The highest BCUT2D eigenvalue weighted by Crippen LogP contribution is 2.26. The fourth-order valence-corrected chi connectivity index (χ4v) is 1.19. The van der Waals surface area contributed by atoms with Crippen LogP contribution in [0.15, 0.2) is 16.9 Å². The number of rotatable bonds is 2. The van der Waals surface area contributed by atoms with Crippen molar-refractivity contribution in [1.29, 1.82) is 0 Å². The minimum absolute atomic E-state index is 0.0772. The smallest absolute Gasteiger partial charge is 0.237 e. The summed E-state index contributed by atoms with van der Waals surface area (Å²) in [5.41, 5.74) is 0.117. The molecule has 0 saturated carbocycles. The zero-order chi connectivity index (χ0) is 10.0. The van der Waals surface area contributed by atoms with Gasteiger partial charge >= 0.3 is 0 Å². The molecule has 4 nitrogen and oxygen atoms in total. The monoisotopic (exact) mass is 182 g/mol. The molecule has 0 bridgehead atoms.